The van der Waals surface area contributed by atoms with Gasteiger partial charge in [-0.05, 0) is 24.6 Å². The van der Waals surface area contributed by atoms with E-state index in [-0.39, 0.29) is 25.1 Å². The smallest absolute Gasteiger partial charge is 0.308 e. The van der Waals surface area contributed by atoms with Crippen molar-refractivity contribution in [2.24, 2.45) is 0 Å². The molecule has 28 heavy (non-hydrogen) atoms. The fourth-order valence-corrected chi connectivity index (χ4v) is 2.54. The van der Waals surface area contributed by atoms with E-state index in [2.05, 4.69) is 15.6 Å². The summed E-state index contributed by atoms with van der Waals surface area (Å²) < 4.78 is 6.06. The van der Waals surface area contributed by atoms with Gasteiger partial charge in [-0.2, -0.15) is 0 Å². The number of esters is 1. The molecule has 3 aromatic rings. The van der Waals surface area contributed by atoms with Crippen LogP contribution in [0.15, 0.2) is 53.3 Å². The average Bonchev–Trinajstić information content (AvgIpc) is 2.71. The molecule has 1 heterocycles. The molecule has 0 aliphatic carbocycles. The van der Waals surface area contributed by atoms with Gasteiger partial charge < -0.3 is 10.1 Å². The first-order valence-electron chi connectivity index (χ1n) is 8.83. The second-order valence-electron chi connectivity index (χ2n) is 6.31. The second-order valence-corrected chi connectivity index (χ2v) is 6.31. The van der Waals surface area contributed by atoms with Crippen molar-refractivity contribution >= 4 is 22.8 Å². The summed E-state index contributed by atoms with van der Waals surface area (Å²) in [6, 6.07) is 14.6. The monoisotopic (exact) mass is 380 g/mol. The molecule has 0 aliphatic rings. The van der Waals surface area contributed by atoms with Gasteiger partial charge in [0, 0.05) is 6.54 Å². The number of nitrogens with one attached hydrogen (secondary N) is 1. The maximum atomic E-state index is 12.3. The van der Waals surface area contributed by atoms with Crippen molar-refractivity contribution in [2.75, 3.05) is 6.61 Å². The van der Waals surface area contributed by atoms with Gasteiger partial charge in [-0.25, -0.2) is 4.68 Å². The van der Waals surface area contributed by atoms with E-state index in [0.717, 1.165) is 15.8 Å². The van der Waals surface area contributed by atoms with Gasteiger partial charge in [-0.15, -0.1) is 5.10 Å². The molecular formula is C20H20N4O4. The van der Waals surface area contributed by atoms with Crippen LogP contribution in [0.4, 0.5) is 0 Å². The number of aryl methyl sites for hydroxylation is 2. The normalized spacial score (nSPS) is 10.6. The first-order chi connectivity index (χ1) is 13.5. The molecular weight excluding hydrogens is 360 g/mol. The Hall–Kier alpha value is -3.55. The SMILES string of the molecule is Cc1ccc(CNC(=O)COC(=O)CCn2nnc3ccccc3c2=O)cc1. The third kappa shape index (κ3) is 5.00. The summed E-state index contributed by atoms with van der Waals surface area (Å²) in [5.41, 5.74) is 2.27. The van der Waals surface area contributed by atoms with Gasteiger partial charge in [0.2, 0.25) is 0 Å². The molecule has 8 heteroatoms. The van der Waals surface area contributed by atoms with Crippen molar-refractivity contribution < 1.29 is 14.3 Å². The highest BCUT2D eigenvalue weighted by Gasteiger charge is 2.10. The van der Waals surface area contributed by atoms with E-state index in [0.29, 0.717) is 17.4 Å². The van der Waals surface area contributed by atoms with Crippen molar-refractivity contribution in [1.29, 1.82) is 0 Å². The molecule has 0 atom stereocenters. The zero-order chi connectivity index (χ0) is 19.9. The summed E-state index contributed by atoms with van der Waals surface area (Å²) in [4.78, 5) is 35.9. The number of carbonyl (C=O) groups is 2. The van der Waals surface area contributed by atoms with Crippen LogP contribution in [0.25, 0.3) is 10.9 Å². The second kappa shape index (κ2) is 8.90. The Bertz CT molecular complexity index is 1040. The third-order valence-electron chi connectivity index (χ3n) is 4.13. The maximum absolute atomic E-state index is 12.3. The van der Waals surface area contributed by atoms with Crippen molar-refractivity contribution in [2.45, 2.75) is 26.4 Å². The fourth-order valence-electron chi connectivity index (χ4n) is 2.54. The lowest BCUT2D eigenvalue weighted by Gasteiger charge is -2.08. The average molecular weight is 380 g/mol. The Labute approximate surface area is 161 Å². The van der Waals surface area contributed by atoms with Crippen LogP contribution in [-0.4, -0.2) is 33.5 Å². The lowest BCUT2D eigenvalue weighted by molar-refractivity contribution is -0.148. The van der Waals surface area contributed by atoms with Gasteiger partial charge >= 0.3 is 5.97 Å². The highest BCUT2D eigenvalue weighted by molar-refractivity contribution is 5.80. The molecule has 3 rings (SSSR count). The van der Waals surface area contributed by atoms with Gasteiger partial charge in [0.05, 0.1) is 18.4 Å². The van der Waals surface area contributed by atoms with Crippen LogP contribution in [0.3, 0.4) is 0 Å². The molecule has 1 amide bonds. The molecule has 0 bridgehead atoms. The Morgan fingerprint density at radius 2 is 1.86 bits per heavy atom. The van der Waals surface area contributed by atoms with Gasteiger partial charge in [-0.3, -0.25) is 14.4 Å². The number of fused-ring (bicyclic) bond motifs is 1. The number of hydrogen-bond acceptors (Lipinski definition) is 6. The molecule has 0 spiro atoms. The Balaban J connectivity index is 1.44. The van der Waals surface area contributed by atoms with Crippen LogP contribution in [0, 0.1) is 6.92 Å². The van der Waals surface area contributed by atoms with E-state index in [1.54, 1.807) is 24.3 Å². The zero-order valence-electron chi connectivity index (χ0n) is 15.4. The van der Waals surface area contributed by atoms with Crippen LogP contribution in [0.1, 0.15) is 17.5 Å². The predicted molar refractivity (Wildman–Crippen MR) is 102 cm³/mol. The van der Waals surface area contributed by atoms with Gasteiger partial charge in [-0.1, -0.05) is 47.2 Å². The Morgan fingerprint density at radius 1 is 1.11 bits per heavy atom. The third-order valence-corrected chi connectivity index (χ3v) is 4.13. The minimum atomic E-state index is -0.590. The summed E-state index contributed by atoms with van der Waals surface area (Å²) in [5.74, 6) is -0.982. The number of benzene rings is 2. The first kappa shape index (κ1) is 19.2. The molecule has 1 aromatic heterocycles. The Kier molecular flexibility index (Phi) is 6.11. The molecule has 1 N–H and O–H groups in total. The van der Waals surface area contributed by atoms with E-state index in [9.17, 15) is 14.4 Å². The molecule has 0 saturated heterocycles. The molecule has 8 nitrogen and oxygen atoms in total. The number of amides is 1. The number of carbonyl (C=O) groups excluding carboxylic acids is 2. The van der Waals surface area contributed by atoms with E-state index in [4.69, 9.17) is 4.74 Å². The van der Waals surface area contributed by atoms with Crippen LogP contribution in [0.2, 0.25) is 0 Å². The number of ether oxygens (including phenoxy) is 1. The molecule has 0 fully saturated rings. The number of hydrogen-bond donors (Lipinski definition) is 1. The van der Waals surface area contributed by atoms with Crippen molar-refractivity contribution in [3.05, 3.63) is 70.0 Å². The van der Waals surface area contributed by atoms with Crippen molar-refractivity contribution in [3.63, 3.8) is 0 Å². The van der Waals surface area contributed by atoms with Crippen molar-refractivity contribution in [3.8, 4) is 0 Å². The van der Waals surface area contributed by atoms with E-state index in [1.165, 1.54) is 0 Å². The largest absolute Gasteiger partial charge is 0.456 e. The minimum Gasteiger partial charge on any atom is -0.456 e. The highest BCUT2D eigenvalue weighted by atomic mass is 16.5. The summed E-state index contributed by atoms with van der Waals surface area (Å²) in [7, 11) is 0. The lowest BCUT2D eigenvalue weighted by Crippen LogP contribution is -2.29. The molecule has 2 aromatic carbocycles. The van der Waals surface area contributed by atoms with Crippen LogP contribution in [-0.2, 0) is 27.4 Å². The fraction of sp³-hybridized carbons (Fsp3) is 0.250. The molecule has 0 aliphatic heterocycles. The maximum Gasteiger partial charge on any atom is 0.308 e. The quantitative estimate of drug-likeness (QED) is 0.621. The van der Waals surface area contributed by atoms with Gasteiger partial charge in [0.25, 0.3) is 11.5 Å². The summed E-state index contributed by atoms with van der Waals surface area (Å²) in [6.07, 6.45) is -0.0851. The standard InChI is InChI=1S/C20H20N4O4/c1-14-6-8-15(9-7-14)12-21-18(25)13-28-19(26)10-11-24-20(27)16-4-2-3-5-17(16)22-23-24/h2-9H,10-13H2,1H3,(H,21,25). The van der Waals surface area contributed by atoms with Crippen LogP contribution < -0.4 is 10.9 Å². The van der Waals surface area contributed by atoms with Crippen LogP contribution >= 0.6 is 0 Å². The lowest BCUT2D eigenvalue weighted by atomic mass is 10.1. The summed E-state index contributed by atoms with van der Waals surface area (Å²) >= 11 is 0. The van der Waals surface area contributed by atoms with E-state index in [1.807, 2.05) is 31.2 Å². The number of rotatable bonds is 7. The van der Waals surface area contributed by atoms with E-state index < -0.39 is 11.9 Å². The molecule has 144 valence electrons. The number of nitrogens with zero attached hydrogens (tertiary/aromatic N) is 3. The van der Waals surface area contributed by atoms with Gasteiger partial charge in [0.1, 0.15) is 5.52 Å². The topological polar surface area (TPSA) is 103 Å². The predicted octanol–water partition coefficient (Wildman–Crippen LogP) is 1.35. The summed E-state index contributed by atoms with van der Waals surface area (Å²) in [5, 5.41) is 10.9. The van der Waals surface area contributed by atoms with Crippen LogP contribution in [0.5, 0.6) is 0 Å². The molecule has 0 saturated carbocycles. The molecule has 0 radical (unpaired) electrons. The zero-order valence-corrected chi connectivity index (χ0v) is 15.4. The van der Waals surface area contributed by atoms with E-state index >= 15 is 0 Å². The Morgan fingerprint density at radius 3 is 2.64 bits per heavy atom. The molecule has 0 unspecified atom stereocenters. The minimum absolute atomic E-state index is 0.0283. The summed E-state index contributed by atoms with van der Waals surface area (Å²) in [6.45, 7) is 2.00. The highest BCUT2D eigenvalue weighted by Crippen LogP contribution is 2.04. The van der Waals surface area contributed by atoms with Gasteiger partial charge in [0.15, 0.2) is 6.61 Å². The first-order valence-corrected chi connectivity index (χ1v) is 8.83. The number of aromatic nitrogens is 3. The van der Waals surface area contributed by atoms with Crippen molar-refractivity contribution in [1.82, 2.24) is 20.3 Å².